The van der Waals surface area contributed by atoms with Crippen LogP contribution in [0.4, 0.5) is 4.39 Å². The highest BCUT2D eigenvalue weighted by atomic mass is 19.1. The molecule has 0 bridgehead atoms. The van der Waals surface area contributed by atoms with Gasteiger partial charge in [0.25, 0.3) is 0 Å². The van der Waals surface area contributed by atoms with Gasteiger partial charge in [0.15, 0.2) is 0 Å². The first-order valence-electron chi connectivity index (χ1n) is 5.16. The molecule has 2 nitrogen and oxygen atoms in total. The fraction of sp³-hybridized carbons (Fsp3) is 0.0714. The predicted molar refractivity (Wildman–Crippen MR) is 62.8 cm³/mol. The molecule has 1 N–H and O–H groups in total. The Labute approximate surface area is 98.6 Å². The van der Waals surface area contributed by atoms with Crippen LogP contribution in [0.3, 0.4) is 0 Å². The Morgan fingerprint density at radius 2 is 1.88 bits per heavy atom. The molecule has 0 heterocycles. The van der Waals surface area contributed by atoms with Crippen molar-refractivity contribution in [3.05, 3.63) is 53.8 Å². The van der Waals surface area contributed by atoms with Crippen LogP contribution >= 0.6 is 0 Å². The molecule has 0 aliphatic rings. The Kier molecular flexibility index (Phi) is 3.06. The fourth-order valence-corrected chi connectivity index (χ4v) is 1.74. The monoisotopic (exact) mass is 227 g/mol. The lowest BCUT2D eigenvalue weighted by Gasteiger charge is -2.08. The minimum absolute atomic E-state index is 0.107. The number of rotatable bonds is 2. The highest BCUT2D eigenvalue weighted by Crippen LogP contribution is 2.28. The summed E-state index contributed by atoms with van der Waals surface area (Å²) >= 11 is 0. The summed E-state index contributed by atoms with van der Waals surface area (Å²) < 4.78 is 13.7. The maximum atomic E-state index is 13.7. The summed E-state index contributed by atoms with van der Waals surface area (Å²) in [5.41, 5.74) is 1.86. The van der Waals surface area contributed by atoms with E-state index >= 15 is 0 Å². The number of phenols is 1. The third-order valence-corrected chi connectivity index (χ3v) is 2.53. The van der Waals surface area contributed by atoms with Gasteiger partial charge in [0.05, 0.1) is 12.5 Å². The van der Waals surface area contributed by atoms with E-state index in [0.717, 1.165) is 11.6 Å². The minimum Gasteiger partial charge on any atom is -0.508 e. The number of halogens is 1. The first-order chi connectivity index (χ1) is 8.22. The number of aromatic hydroxyl groups is 1. The topological polar surface area (TPSA) is 44.0 Å². The molecular weight excluding hydrogens is 217 g/mol. The molecule has 84 valence electrons. The lowest BCUT2D eigenvalue weighted by Crippen LogP contribution is -1.90. The van der Waals surface area contributed by atoms with Crippen molar-refractivity contribution in [2.24, 2.45) is 0 Å². The molecule has 0 radical (unpaired) electrons. The summed E-state index contributed by atoms with van der Waals surface area (Å²) in [6.45, 7) is 0. The second-order valence-corrected chi connectivity index (χ2v) is 3.66. The smallest absolute Gasteiger partial charge is 0.134 e. The van der Waals surface area contributed by atoms with Crippen molar-refractivity contribution in [1.82, 2.24) is 0 Å². The zero-order valence-electron chi connectivity index (χ0n) is 9.02. The van der Waals surface area contributed by atoms with E-state index in [1.807, 2.05) is 6.07 Å². The Morgan fingerprint density at radius 3 is 2.59 bits per heavy atom. The number of phenolic OH excluding ortho intramolecular Hbond substituents is 1. The van der Waals surface area contributed by atoms with Gasteiger partial charge in [-0.05, 0) is 23.3 Å². The normalized spacial score (nSPS) is 9.88. The molecule has 3 heteroatoms. The number of hydrogen-bond donors (Lipinski definition) is 1. The van der Waals surface area contributed by atoms with Crippen molar-refractivity contribution in [2.75, 3.05) is 0 Å². The van der Waals surface area contributed by atoms with Crippen molar-refractivity contribution in [3.63, 3.8) is 0 Å². The van der Waals surface area contributed by atoms with Crippen LogP contribution < -0.4 is 0 Å². The van der Waals surface area contributed by atoms with E-state index in [1.165, 1.54) is 12.1 Å². The zero-order chi connectivity index (χ0) is 12.3. The lowest BCUT2D eigenvalue weighted by atomic mass is 9.97. The molecule has 0 unspecified atom stereocenters. The van der Waals surface area contributed by atoms with Gasteiger partial charge in [-0.15, -0.1) is 0 Å². The van der Waals surface area contributed by atoms with Gasteiger partial charge in [-0.25, -0.2) is 4.39 Å². The number of nitriles is 1. The molecule has 0 aliphatic heterocycles. The largest absolute Gasteiger partial charge is 0.508 e. The van der Waals surface area contributed by atoms with Gasteiger partial charge in [-0.3, -0.25) is 0 Å². The molecule has 0 atom stereocenters. The second kappa shape index (κ2) is 4.67. The van der Waals surface area contributed by atoms with Crippen LogP contribution in [0.2, 0.25) is 0 Å². The van der Waals surface area contributed by atoms with Crippen molar-refractivity contribution in [2.45, 2.75) is 6.42 Å². The first-order valence-corrected chi connectivity index (χ1v) is 5.16. The molecule has 0 fully saturated rings. The van der Waals surface area contributed by atoms with Crippen molar-refractivity contribution >= 4 is 0 Å². The summed E-state index contributed by atoms with van der Waals surface area (Å²) in [6, 6.07) is 13.2. The quantitative estimate of drug-likeness (QED) is 0.855. The van der Waals surface area contributed by atoms with Gasteiger partial charge in [0, 0.05) is 11.6 Å². The van der Waals surface area contributed by atoms with Crippen molar-refractivity contribution in [1.29, 1.82) is 5.26 Å². The average molecular weight is 227 g/mol. The van der Waals surface area contributed by atoms with Crippen LogP contribution in [0.5, 0.6) is 5.75 Å². The van der Waals surface area contributed by atoms with Gasteiger partial charge >= 0.3 is 0 Å². The molecule has 0 saturated carbocycles. The summed E-state index contributed by atoms with van der Waals surface area (Å²) in [5, 5.41) is 17.9. The van der Waals surface area contributed by atoms with Gasteiger partial charge in [-0.1, -0.05) is 24.3 Å². The standard InChI is InChI=1S/C14H10FNO/c15-14-9-11(17)5-6-13(14)12-4-2-1-3-10(12)7-8-16/h1-6,9,17H,7H2. The molecular formula is C14H10FNO. The van der Waals surface area contributed by atoms with E-state index in [9.17, 15) is 4.39 Å². The molecule has 2 rings (SSSR count). The van der Waals surface area contributed by atoms with Crippen LogP contribution in [0, 0.1) is 17.1 Å². The van der Waals surface area contributed by atoms with E-state index < -0.39 is 5.82 Å². The molecule has 0 saturated heterocycles. The molecule has 2 aromatic rings. The summed E-state index contributed by atoms with van der Waals surface area (Å²) in [6.07, 6.45) is 0.233. The highest BCUT2D eigenvalue weighted by Gasteiger charge is 2.09. The van der Waals surface area contributed by atoms with Crippen LogP contribution in [0.1, 0.15) is 5.56 Å². The maximum absolute atomic E-state index is 13.7. The number of hydrogen-bond acceptors (Lipinski definition) is 2. The second-order valence-electron chi connectivity index (χ2n) is 3.66. The van der Waals surface area contributed by atoms with E-state index in [1.54, 1.807) is 18.2 Å². The van der Waals surface area contributed by atoms with Gasteiger partial charge < -0.3 is 5.11 Å². The SMILES string of the molecule is N#CCc1ccccc1-c1ccc(O)cc1F. The molecule has 0 aliphatic carbocycles. The van der Waals surface area contributed by atoms with E-state index in [0.29, 0.717) is 11.1 Å². The molecule has 2 aromatic carbocycles. The van der Waals surface area contributed by atoms with E-state index in [2.05, 4.69) is 6.07 Å². The zero-order valence-corrected chi connectivity index (χ0v) is 9.02. The average Bonchev–Trinajstić information content (AvgIpc) is 2.31. The first kappa shape index (κ1) is 11.2. The summed E-state index contributed by atoms with van der Waals surface area (Å²) in [7, 11) is 0. The Balaban J connectivity index is 2.57. The van der Waals surface area contributed by atoms with Gasteiger partial charge in [0.1, 0.15) is 11.6 Å². The Bertz CT molecular complexity index is 587. The molecule has 17 heavy (non-hydrogen) atoms. The molecule has 0 spiro atoms. The van der Waals surface area contributed by atoms with E-state index in [4.69, 9.17) is 10.4 Å². The van der Waals surface area contributed by atoms with Crippen LogP contribution in [-0.4, -0.2) is 5.11 Å². The van der Waals surface area contributed by atoms with Crippen LogP contribution in [0.25, 0.3) is 11.1 Å². The summed E-state index contributed by atoms with van der Waals surface area (Å²) in [4.78, 5) is 0. The summed E-state index contributed by atoms with van der Waals surface area (Å²) in [5.74, 6) is -0.598. The van der Waals surface area contributed by atoms with Gasteiger partial charge in [0.2, 0.25) is 0 Å². The van der Waals surface area contributed by atoms with Crippen molar-refractivity contribution < 1.29 is 9.50 Å². The lowest BCUT2D eigenvalue weighted by molar-refractivity contribution is 0.469. The van der Waals surface area contributed by atoms with Crippen molar-refractivity contribution in [3.8, 4) is 22.9 Å². The maximum Gasteiger partial charge on any atom is 0.134 e. The molecule has 0 aromatic heterocycles. The molecule has 0 amide bonds. The third kappa shape index (κ3) is 2.26. The Hall–Kier alpha value is -2.34. The third-order valence-electron chi connectivity index (χ3n) is 2.53. The predicted octanol–water partition coefficient (Wildman–Crippen LogP) is 3.26. The Morgan fingerprint density at radius 1 is 1.12 bits per heavy atom. The number of nitrogens with zero attached hydrogens (tertiary/aromatic N) is 1. The highest BCUT2D eigenvalue weighted by molar-refractivity contribution is 5.69. The fourth-order valence-electron chi connectivity index (χ4n) is 1.74. The van der Waals surface area contributed by atoms with Crippen LogP contribution in [-0.2, 0) is 6.42 Å². The van der Waals surface area contributed by atoms with Crippen LogP contribution in [0.15, 0.2) is 42.5 Å². The minimum atomic E-state index is -0.490. The van der Waals surface area contributed by atoms with E-state index in [-0.39, 0.29) is 12.2 Å². The number of benzene rings is 2. The van der Waals surface area contributed by atoms with Gasteiger partial charge in [-0.2, -0.15) is 5.26 Å².